The minimum atomic E-state index is -4.65. The first kappa shape index (κ1) is 92.9. The fraction of sp³-hybridized carbons (Fsp3) is 0.791. The lowest BCUT2D eigenvalue weighted by atomic mass is 10.0. The van der Waals surface area contributed by atoms with Crippen LogP contribution in [0.4, 0.5) is 0 Å². The fourth-order valence-electron chi connectivity index (χ4n) is 11.9. The Labute approximate surface area is 595 Å². The van der Waals surface area contributed by atoms with Gasteiger partial charge in [0.1, 0.15) is 19.8 Å². The molecule has 0 fully saturated rings. The third-order valence-corrected chi connectivity index (χ3v) is 19.1. The molecule has 0 heterocycles. The molecule has 0 bridgehead atoms. The maximum atomic E-state index is 12.9. The minimum absolute atomic E-state index is 0.0314. The number of likely N-dealkylation sites (N-methyl/N-ethyl adjacent to an activating group) is 1. The first-order valence-electron chi connectivity index (χ1n) is 40.9. The average molecular weight is 1360 g/mol. The molecule has 0 N–H and O–H groups in total. The van der Waals surface area contributed by atoms with E-state index in [4.69, 9.17) is 18.5 Å². The van der Waals surface area contributed by atoms with Crippen molar-refractivity contribution >= 4 is 19.8 Å². The van der Waals surface area contributed by atoms with Crippen molar-refractivity contribution in [3.05, 3.63) is 97.2 Å². The number of quaternary nitrogens is 1. The van der Waals surface area contributed by atoms with Crippen molar-refractivity contribution in [3.63, 3.8) is 0 Å². The molecule has 0 radical (unpaired) electrons. The van der Waals surface area contributed by atoms with E-state index in [1.165, 1.54) is 270 Å². The van der Waals surface area contributed by atoms with E-state index < -0.39 is 26.5 Å². The van der Waals surface area contributed by atoms with Crippen LogP contribution in [-0.4, -0.2) is 70.0 Å². The van der Waals surface area contributed by atoms with Crippen molar-refractivity contribution in [2.24, 2.45) is 0 Å². The molecule has 558 valence electrons. The normalized spacial score (nSPS) is 13.5. The van der Waals surface area contributed by atoms with Crippen molar-refractivity contribution in [2.75, 3.05) is 47.5 Å². The molecule has 0 saturated carbocycles. The highest BCUT2D eigenvalue weighted by Gasteiger charge is 2.22. The van der Waals surface area contributed by atoms with Gasteiger partial charge in [-0.2, -0.15) is 0 Å². The number of unbranched alkanes of at least 4 members (excludes halogenated alkanes) is 46. The summed E-state index contributed by atoms with van der Waals surface area (Å²) in [6.45, 7) is 4.18. The standard InChI is InChI=1S/C86H156NO8P/c1-6-8-10-12-14-16-18-20-22-24-26-28-30-32-34-36-38-40-42-43-45-47-49-51-53-55-57-59-61-63-65-67-69-71-73-75-77-79-86(89)95-84(83-94-96(90,91)93-81-80-87(3,4)5)82-92-85(88)78-76-74-72-70-68-66-64-62-60-58-56-54-52-50-48-46-44-41-39-37-35-33-31-29-27-25-23-21-19-17-15-13-11-9-7-2/h8,10,14,16,20,22,25-28,32,34,38,40,43,45,84H,6-7,9,11-13,15,17-19,21,23-24,29-31,33,35-37,39,41-42,44,46-83H2,1-5H3/b10-8-,16-14-,22-20-,27-25-,28-26-,34-32-,40-38-,45-43-. The van der Waals surface area contributed by atoms with E-state index in [9.17, 15) is 19.0 Å². The van der Waals surface area contributed by atoms with Gasteiger partial charge in [-0.15, -0.1) is 0 Å². The monoisotopic (exact) mass is 1360 g/mol. The Kier molecular flexibility index (Phi) is 73.7. The summed E-state index contributed by atoms with van der Waals surface area (Å²) in [6, 6.07) is 0. The lowest BCUT2D eigenvalue weighted by Gasteiger charge is -2.28. The summed E-state index contributed by atoms with van der Waals surface area (Å²) in [5.41, 5.74) is 0. The van der Waals surface area contributed by atoms with E-state index in [0.717, 1.165) is 83.5 Å². The van der Waals surface area contributed by atoms with Crippen molar-refractivity contribution in [3.8, 4) is 0 Å². The third-order valence-electron chi connectivity index (χ3n) is 18.1. The predicted molar refractivity (Wildman–Crippen MR) is 416 cm³/mol. The molecule has 0 amide bonds. The summed E-state index contributed by atoms with van der Waals surface area (Å²) >= 11 is 0. The number of rotatable bonds is 76. The van der Waals surface area contributed by atoms with Crippen LogP contribution in [0.1, 0.15) is 386 Å². The Morgan fingerprint density at radius 3 is 0.896 bits per heavy atom. The maximum absolute atomic E-state index is 12.9. The Morgan fingerprint density at radius 1 is 0.333 bits per heavy atom. The quantitative estimate of drug-likeness (QED) is 0.0195. The molecule has 10 heteroatoms. The van der Waals surface area contributed by atoms with Gasteiger partial charge in [0, 0.05) is 12.8 Å². The molecule has 0 rings (SSSR count). The number of hydrogen-bond acceptors (Lipinski definition) is 8. The van der Waals surface area contributed by atoms with Crippen LogP contribution < -0.4 is 4.89 Å². The Morgan fingerprint density at radius 2 is 0.594 bits per heavy atom. The Balaban J connectivity index is 3.94. The molecule has 96 heavy (non-hydrogen) atoms. The average Bonchev–Trinajstić information content (AvgIpc) is 2.72. The van der Waals surface area contributed by atoms with Crippen LogP contribution in [0.3, 0.4) is 0 Å². The molecule has 0 aliphatic carbocycles. The molecule has 0 aromatic heterocycles. The minimum Gasteiger partial charge on any atom is -0.756 e. The van der Waals surface area contributed by atoms with Crippen molar-refractivity contribution < 1.29 is 42.1 Å². The summed E-state index contributed by atoms with van der Waals surface area (Å²) in [6.07, 6.45) is 107. The second kappa shape index (κ2) is 76.1. The Hall–Kier alpha value is -3.07. The van der Waals surface area contributed by atoms with Gasteiger partial charge in [0.25, 0.3) is 7.82 Å². The van der Waals surface area contributed by atoms with Crippen LogP contribution in [0.15, 0.2) is 97.2 Å². The van der Waals surface area contributed by atoms with Crippen LogP contribution >= 0.6 is 7.82 Å². The summed E-state index contributed by atoms with van der Waals surface area (Å²) < 4.78 is 34.4. The molecular weight excluding hydrogens is 1210 g/mol. The zero-order valence-electron chi connectivity index (χ0n) is 63.8. The SMILES string of the molecule is CC/C=C\C/C=C\C/C=C\C/C=C\C/C=C\C/C=C\C/C=C\CCCCCCCCCCCCCCCCCC(=O)OC(COC(=O)CCCCCCCCCCCCCCCCCCCCCCCCC/C=C\CCCCCCCCCC)COP(=O)([O-])OCC[N+](C)(C)C. The molecule has 0 spiro atoms. The topological polar surface area (TPSA) is 111 Å². The van der Waals surface area contributed by atoms with E-state index in [1.807, 2.05) is 21.1 Å². The molecule has 2 atom stereocenters. The summed E-state index contributed by atoms with van der Waals surface area (Å²) in [7, 11) is 1.18. The van der Waals surface area contributed by atoms with Crippen molar-refractivity contribution in [1.82, 2.24) is 0 Å². The number of phosphoric ester groups is 1. The number of carbonyl (C=O) groups is 2. The Bertz CT molecular complexity index is 1940. The molecule has 0 saturated heterocycles. The molecular formula is C86H156NO8P. The van der Waals surface area contributed by atoms with Gasteiger partial charge in [-0.1, -0.05) is 374 Å². The number of carbonyl (C=O) groups excluding carboxylic acids is 2. The zero-order chi connectivity index (χ0) is 69.7. The van der Waals surface area contributed by atoms with Gasteiger partial charge >= 0.3 is 11.9 Å². The molecule has 0 aromatic carbocycles. The summed E-state index contributed by atoms with van der Waals surface area (Å²) in [5.74, 6) is -0.818. The van der Waals surface area contributed by atoms with E-state index >= 15 is 0 Å². The third kappa shape index (κ3) is 79.9. The molecule has 0 aliphatic rings. The van der Waals surface area contributed by atoms with Gasteiger partial charge in [-0.3, -0.25) is 14.2 Å². The van der Waals surface area contributed by atoms with E-state index in [1.54, 1.807) is 0 Å². The highest BCUT2D eigenvalue weighted by atomic mass is 31.2. The van der Waals surface area contributed by atoms with E-state index in [2.05, 4.69) is 111 Å². The molecule has 9 nitrogen and oxygen atoms in total. The smallest absolute Gasteiger partial charge is 0.306 e. The van der Waals surface area contributed by atoms with Crippen LogP contribution in [0.25, 0.3) is 0 Å². The second-order valence-electron chi connectivity index (χ2n) is 28.8. The fourth-order valence-corrected chi connectivity index (χ4v) is 12.6. The van der Waals surface area contributed by atoms with Gasteiger partial charge in [0.05, 0.1) is 27.7 Å². The van der Waals surface area contributed by atoms with Gasteiger partial charge in [0.15, 0.2) is 6.10 Å². The van der Waals surface area contributed by atoms with E-state index in [0.29, 0.717) is 17.4 Å². The lowest BCUT2D eigenvalue weighted by molar-refractivity contribution is -0.870. The summed E-state index contributed by atoms with van der Waals surface area (Å²) in [5, 5.41) is 0. The van der Waals surface area contributed by atoms with Crippen molar-refractivity contribution in [1.29, 1.82) is 0 Å². The number of nitrogens with zero attached hydrogens (tertiary/aromatic N) is 1. The summed E-state index contributed by atoms with van der Waals surface area (Å²) in [4.78, 5) is 38.2. The first-order valence-corrected chi connectivity index (χ1v) is 42.4. The number of allylic oxidation sites excluding steroid dienone is 16. The number of ether oxygens (including phenoxy) is 2. The highest BCUT2D eigenvalue weighted by molar-refractivity contribution is 7.45. The van der Waals surface area contributed by atoms with Gasteiger partial charge < -0.3 is 27.9 Å². The van der Waals surface area contributed by atoms with Crippen LogP contribution in [0.5, 0.6) is 0 Å². The first-order chi connectivity index (χ1) is 47.0. The zero-order valence-corrected chi connectivity index (χ0v) is 64.7. The number of phosphoric acid groups is 1. The number of esters is 2. The second-order valence-corrected chi connectivity index (χ2v) is 30.2. The van der Waals surface area contributed by atoms with Crippen LogP contribution in [0, 0.1) is 0 Å². The number of hydrogen-bond donors (Lipinski definition) is 0. The van der Waals surface area contributed by atoms with Crippen LogP contribution in [-0.2, 0) is 32.7 Å². The maximum Gasteiger partial charge on any atom is 0.306 e. The van der Waals surface area contributed by atoms with Crippen molar-refractivity contribution in [2.45, 2.75) is 392 Å². The van der Waals surface area contributed by atoms with E-state index in [-0.39, 0.29) is 32.0 Å². The molecule has 0 aromatic rings. The van der Waals surface area contributed by atoms with Gasteiger partial charge in [-0.25, -0.2) is 0 Å². The largest absolute Gasteiger partial charge is 0.756 e. The molecule has 0 aliphatic heterocycles. The van der Waals surface area contributed by atoms with Gasteiger partial charge in [-0.05, 0) is 96.3 Å². The lowest BCUT2D eigenvalue weighted by Crippen LogP contribution is -2.37. The highest BCUT2D eigenvalue weighted by Crippen LogP contribution is 2.38. The van der Waals surface area contributed by atoms with Crippen LogP contribution in [0.2, 0.25) is 0 Å². The van der Waals surface area contributed by atoms with Gasteiger partial charge in [0.2, 0.25) is 0 Å². The predicted octanol–water partition coefficient (Wildman–Crippen LogP) is 26.8. The molecule has 2 unspecified atom stereocenters.